The van der Waals surface area contributed by atoms with Crippen LogP contribution in [0.4, 0.5) is 0 Å². The van der Waals surface area contributed by atoms with Crippen LogP contribution in [-0.4, -0.2) is 28.7 Å². The van der Waals surface area contributed by atoms with E-state index in [-0.39, 0.29) is 11.8 Å². The van der Waals surface area contributed by atoms with Crippen LogP contribution in [-0.2, 0) is 4.79 Å². The van der Waals surface area contributed by atoms with Gasteiger partial charge in [-0.3, -0.25) is 4.79 Å². The van der Waals surface area contributed by atoms with E-state index in [4.69, 9.17) is 0 Å². The summed E-state index contributed by atoms with van der Waals surface area (Å²) in [6, 6.07) is 0. The Labute approximate surface area is 83.7 Å². The molecule has 2 aliphatic rings. The van der Waals surface area contributed by atoms with Crippen LogP contribution in [0.3, 0.4) is 0 Å². The molecule has 0 bridgehead atoms. The minimum atomic E-state index is -0.960. The predicted molar refractivity (Wildman–Crippen MR) is 53.3 cm³/mol. The van der Waals surface area contributed by atoms with Gasteiger partial charge >= 0.3 is 0 Å². The minimum Gasteiger partial charge on any atom is -0.370 e. The van der Waals surface area contributed by atoms with Crippen LogP contribution >= 0.6 is 0 Å². The van der Waals surface area contributed by atoms with Gasteiger partial charge in [0.2, 0.25) is 5.91 Å². The lowest BCUT2D eigenvalue weighted by molar-refractivity contribution is -0.147. The second kappa shape index (κ2) is 3.24. The zero-order chi connectivity index (χ0) is 10.2. The standard InChI is InChI=1S/C11H15NO2/c1-12-10(13)7-8-11(12,14)9-5-3-2-4-6-9/h2-5,9,14H,6-8H2,1H3. The number of carbonyl (C=O) groups excluding carboxylic acids is 1. The van der Waals surface area contributed by atoms with E-state index in [1.807, 2.05) is 24.3 Å². The van der Waals surface area contributed by atoms with Crippen LogP contribution in [0.5, 0.6) is 0 Å². The van der Waals surface area contributed by atoms with Crippen LogP contribution in [0, 0.1) is 5.92 Å². The number of aliphatic hydroxyl groups is 1. The van der Waals surface area contributed by atoms with E-state index in [0.29, 0.717) is 12.8 Å². The number of amides is 1. The topological polar surface area (TPSA) is 40.5 Å². The SMILES string of the molecule is CN1C(=O)CCC1(O)C1C=CC=CC1. The summed E-state index contributed by atoms with van der Waals surface area (Å²) in [4.78, 5) is 12.8. The maximum atomic E-state index is 11.4. The monoisotopic (exact) mass is 193 g/mol. The van der Waals surface area contributed by atoms with Gasteiger partial charge in [-0.25, -0.2) is 0 Å². The summed E-state index contributed by atoms with van der Waals surface area (Å²) in [6.45, 7) is 0. The Hall–Kier alpha value is -1.09. The summed E-state index contributed by atoms with van der Waals surface area (Å²) in [7, 11) is 1.68. The molecule has 0 aromatic rings. The molecule has 1 amide bonds. The van der Waals surface area contributed by atoms with E-state index in [9.17, 15) is 9.90 Å². The number of carbonyl (C=O) groups is 1. The van der Waals surface area contributed by atoms with Gasteiger partial charge in [-0.15, -0.1) is 0 Å². The molecular formula is C11H15NO2. The Bertz CT molecular complexity index is 308. The molecule has 14 heavy (non-hydrogen) atoms. The molecule has 1 aliphatic carbocycles. The van der Waals surface area contributed by atoms with Crippen molar-refractivity contribution in [3.63, 3.8) is 0 Å². The lowest BCUT2D eigenvalue weighted by Gasteiger charge is -2.36. The van der Waals surface area contributed by atoms with Gasteiger partial charge in [0.05, 0.1) is 0 Å². The Morgan fingerprint density at radius 1 is 1.57 bits per heavy atom. The van der Waals surface area contributed by atoms with Crippen LogP contribution < -0.4 is 0 Å². The van der Waals surface area contributed by atoms with Crippen molar-refractivity contribution >= 4 is 5.91 Å². The van der Waals surface area contributed by atoms with Crippen molar-refractivity contribution in [3.8, 4) is 0 Å². The van der Waals surface area contributed by atoms with Crippen molar-refractivity contribution in [2.45, 2.75) is 25.0 Å². The molecule has 2 atom stereocenters. The molecular weight excluding hydrogens is 178 g/mol. The normalized spacial score (nSPS) is 36.9. The summed E-state index contributed by atoms with van der Waals surface area (Å²) in [5.41, 5.74) is -0.960. The van der Waals surface area contributed by atoms with E-state index in [2.05, 4.69) is 0 Å². The first-order chi connectivity index (χ1) is 6.64. The third-order valence-electron chi connectivity index (χ3n) is 3.24. The fourth-order valence-electron chi connectivity index (χ4n) is 2.20. The average Bonchev–Trinajstić information content (AvgIpc) is 2.49. The molecule has 1 saturated heterocycles. The fourth-order valence-corrected chi connectivity index (χ4v) is 2.20. The van der Waals surface area contributed by atoms with Crippen LogP contribution in [0.1, 0.15) is 19.3 Å². The number of allylic oxidation sites excluding steroid dienone is 3. The molecule has 3 heteroatoms. The van der Waals surface area contributed by atoms with Gasteiger partial charge in [0, 0.05) is 25.8 Å². The molecule has 2 rings (SSSR count). The number of hydrogen-bond acceptors (Lipinski definition) is 2. The summed E-state index contributed by atoms with van der Waals surface area (Å²) in [5.74, 6) is 0.0828. The Kier molecular flexibility index (Phi) is 2.19. The molecule has 1 fully saturated rings. The second-order valence-corrected chi connectivity index (χ2v) is 3.99. The van der Waals surface area contributed by atoms with Gasteiger partial charge < -0.3 is 10.0 Å². The second-order valence-electron chi connectivity index (χ2n) is 3.99. The fraction of sp³-hybridized carbons (Fsp3) is 0.545. The van der Waals surface area contributed by atoms with Crippen molar-refractivity contribution in [1.29, 1.82) is 0 Å². The smallest absolute Gasteiger partial charge is 0.224 e. The van der Waals surface area contributed by atoms with Gasteiger partial charge in [0.25, 0.3) is 0 Å². The summed E-state index contributed by atoms with van der Waals surface area (Å²) >= 11 is 0. The minimum absolute atomic E-state index is 0.0375. The van der Waals surface area contributed by atoms with E-state index < -0.39 is 5.72 Å². The summed E-state index contributed by atoms with van der Waals surface area (Å²) in [6.07, 6.45) is 9.73. The third kappa shape index (κ3) is 1.28. The highest BCUT2D eigenvalue weighted by atomic mass is 16.3. The van der Waals surface area contributed by atoms with Crippen molar-refractivity contribution < 1.29 is 9.90 Å². The molecule has 1 N–H and O–H groups in total. The zero-order valence-electron chi connectivity index (χ0n) is 8.31. The van der Waals surface area contributed by atoms with Crippen molar-refractivity contribution in [2.24, 2.45) is 5.92 Å². The summed E-state index contributed by atoms with van der Waals surface area (Å²) in [5, 5.41) is 10.4. The van der Waals surface area contributed by atoms with E-state index in [1.54, 1.807) is 7.05 Å². The van der Waals surface area contributed by atoms with Gasteiger partial charge in [0.1, 0.15) is 5.72 Å². The van der Waals surface area contributed by atoms with Gasteiger partial charge in [0.15, 0.2) is 0 Å². The summed E-state index contributed by atoms with van der Waals surface area (Å²) < 4.78 is 0. The van der Waals surface area contributed by atoms with Crippen LogP contribution in [0.2, 0.25) is 0 Å². The molecule has 0 aromatic heterocycles. The van der Waals surface area contributed by atoms with Gasteiger partial charge in [-0.2, -0.15) is 0 Å². The first-order valence-corrected chi connectivity index (χ1v) is 4.97. The molecule has 76 valence electrons. The maximum Gasteiger partial charge on any atom is 0.224 e. The zero-order valence-corrected chi connectivity index (χ0v) is 8.31. The highest BCUT2D eigenvalue weighted by Gasteiger charge is 2.46. The molecule has 3 nitrogen and oxygen atoms in total. The third-order valence-corrected chi connectivity index (χ3v) is 3.24. The maximum absolute atomic E-state index is 11.4. The number of rotatable bonds is 1. The van der Waals surface area contributed by atoms with Crippen LogP contribution in [0.25, 0.3) is 0 Å². The van der Waals surface area contributed by atoms with E-state index in [1.165, 1.54) is 4.90 Å². The first kappa shape index (κ1) is 9.46. The molecule has 0 radical (unpaired) electrons. The predicted octanol–water partition coefficient (Wildman–Crippen LogP) is 1.06. The number of likely N-dealkylation sites (tertiary alicyclic amines) is 1. The lowest BCUT2D eigenvalue weighted by Crippen LogP contribution is -2.48. The first-order valence-electron chi connectivity index (χ1n) is 4.97. The van der Waals surface area contributed by atoms with E-state index >= 15 is 0 Å². The highest BCUT2D eigenvalue weighted by molar-refractivity contribution is 5.79. The molecule has 0 aromatic carbocycles. The lowest BCUT2D eigenvalue weighted by atomic mass is 9.88. The number of hydrogen-bond donors (Lipinski definition) is 1. The van der Waals surface area contributed by atoms with Crippen molar-refractivity contribution in [3.05, 3.63) is 24.3 Å². The molecule has 1 heterocycles. The highest BCUT2D eigenvalue weighted by Crippen LogP contribution is 2.36. The van der Waals surface area contributed by atoms with Crippen LogP contribution in [0.15, 0.2) is 24.3 Å². The molecule has 0 spiro atoms. The quantitative estimate of drug-likeness (QED) is 0.676. The Morgan fingerprint density at radius 3 is 2.86 bits per heavy atom. The average molecular weight is 193 g/mol. The van der Waals surface area contributed by atoms with Crippen molar-refractivity contribution in [2.75, 3.05) is 7.05 Å². The molecule has 1 aliphatic heterocycles. The molecule has 2 unspecified atom stereocenters. The number of nitrogens with zero attached hydrogens (tertiary/aromatic N) is 1. The largest absolute Gasteiger partial charge is 0.370 e. The Balaban J connectivity index is 2.20. The van der Waals surface area contributed by atoms with Crippen molar-refractivity contribution in [1.82, 2.24) is 4.90 Å². The molecule has 0 saturated carbocycles. The van der Waals surface area contributed by atoms with E-state index in [0.717, 1.165) is 6.42 Å². The Morgan fingerprint density at radius 2 is 2.36 bits per heavy atom. The van der Waals surface area contributed by atoms with Gasteiger partial charge in [-0.1, -0.05) is 24.3 Å². The van der Waals surface area contributed by atoms with Gasteiger partial charge in [-0.05, 0) is 6.42 Å².